The van der Waals surface area contributed by atoms with Gasteiger partial charge in [-0.3, -0.25) is 0 Å². The third-order valence-electron chi connectivity index (χ3n) is 3.62. The molecule has 2 amide bonds. The number of hydrogen-bond acceptors (Lipinski definition) is 3. The third-order valence-corrected chi connectivity index (χ3v) is 3.62. The summed E-state index contributed by atoms with van der Waals surface area (Å²) in [6.45, 7) is 2.72. The zero-order valence-electron chi connectivity index (χ0n) is 13.5. The van der Waals surface area contributed by atoms with Gasteiger partial charge in [-0.15, -0.1) is 0 Å². The van der Waals surface area contributed by atoms with Crippen LogP contribution in [0.2, 0.25) is 0 Å². The number of benzene rings is 2. The Morgan fingerprint density at radius 2 is 1.88 bits per heavy atom. The van der Waals surface area contributed by atoms with E-state index in [1.165, 1.54) is 0 Å². The van der Waals surface area contributed by atoms with Gasteiger partial charge < -0.3 is 19.8 Å². The number of amides is 2. The number of urea groups is 1. The predicted molar refractivity (Wildman–Crippen MR) is 93.1 cm³/mol. The van der Waals surface area contributed by atoms with Crippen molar-refractivity contribution in [1.29, 1.82) is 0 Å². The van der Waals surface area contributed by atoms with Crippen molar-refractivity contribution in [3.63, 3.8) is 0 Å². The lowest BCUT2D eigenvalue weighted by molar-refractivity contribution is 0.232. The zero-order valence-corrected chi connectivity index (χ0v) is 13.5. The van der Waals surface area contributed by atoms with Crippen LogP contribution in [0.4, 0.5) is 4.79 Å². The number of para-hydroxylation sites is 2. The molecule has 0 fully saturated rings. The maximum absolute atomic E-state index is 11.9. The fourth-order valence-electron chi connectivity index (χ4n) is 2.38. The number of rotatable bonds is 6. The summed E-state index contributed by atoms with van der Waals surface area (Å²) in [5.41, 5.74) is 0.817. The second-order valence-electron chi connectivity index (χ2n) is 5.47. The molecule has 0 radical (unpaired) electrons. The Morgan fingerprint density at radius 1 is 1.12 bits per heavy atom. The monoisotopic (exact) mass is 324 g/mol. The van der Waals surface area contributed by atoms with Crippen LogP contribution < -0.4 is 15.4 Å². The van der Waals surface area contributed by atoms with Crippen LogP contribution in [-0.2, 0) is 0 Å². The van der Waals surface area contributed by atoms with E-state index >= 15 is 0 Å². The average molecular weight is 324 g/mol. The quantitative estimate of drug-likeness (QED) is 0.677. The second kappa shape index (κ2) is 7.55. The van der Waals surface area contributed by atoms with E-state index < -0.39 is 0 Å². The maximum atomic E-state index is 11.9. The number of ether oxygens (including phenoxy) is 1. The zero-order chi connectivity index (χ0) is 16.8. The van der Waals surface area contributed by atoms with E-state index in [9.17, 15) is 4.79 Å². The molecule has 24 heavy (non-hydrogen) atoms. The summed E-state index contributed by atoms with van der Waals surface area (Å²) < 4.78 is 11.3. The van der Waals surface area contributed by atoms with Gasteiger partial charge in [-0.25, -0.2) is 4.79 Å². The standard InChI is InChI=1S/C19H20N2O3/c1-14(18-13-15-7-5-6-10-17(15)24-18)21-19(22)20-11-12-23-16-8-3-2-4-9-16/h2-10,13-14H,11-12H2,1H3,(H2,20,21,22). The first-order valence-corrected chi connectivity index (χ1v) is 7.93. The van der Waals surface area contributed by atoms with E-state index in [-0.39, 0.29) is 12.1 Å². The Balaban J connectivity index is 1.44. The summed E-state index contributed by atoms with van der Waals surface area (Å²) in [5, 5.41) is 6.65. The Hall–Kier alpha value is -2.95. The van der Waals surface area contributed by atoms with Crippen molar-refractivity contribution in [1.82, 2.24) is 10.6 Å². The van der Waals surface area contributed by atoms with Gasteiger partial charge in [-0.1, -0.05) is 36.4 Å². The lowest BCUT2D eigenvalue weighted by Gasteiger charge is -2.13. The summed E-state index contributed by atoms with van der Waals surface area (Å²) >= 11 is 0. The lowest BCUT2D eigenvalue weighted by Crippen LogP contribution is -2.38. The Labute approximate surface area is 140 Å². The molecule has 0 bridgehead atoms. The summed E-state index contributed by atoms with van der Waals surface area (Å²) in [4.78, 5) is 11.9. The Morgan fingerprint density at radius 3 is 2.67 bits per heavy atom. The van der Waals surface area contributed by atoms with E-state index in [0.29, 0.717) is 13.2 Å². The third kappa shape index (κ3) is 4.07. The molecule has 0 aliphatic heterocycles. The molecule has 0 spiro atoms. The molecule has 5 heteroatoms. The number of nitrogens with one attached hydrogen (secondary N) is 2. The molecular formula is C19H20N2O3. The number of carbonyl (C=O) groups is 1. The molecule has 3 aromatic rings. The summed E-state index contributed by atoms with van der Waals surface area (Å²) in [6.07, 6.45) is 0. The molecule has 1 unspecified atom stereocenters. The molecule has 3 rings (SSSR count). The minimum absolute atomic E-state index is 0.215. The van der Waals surface area contributed by atoms with Gasteiger partial charge in [0.2, 0.25) is 0 Å². The van der Waals surface area contributed by atoms with Gasteiger partial charge in [0.15, 0.2) is 0 Å². The summed E-state index contributed by atoms with van der Waals surface area (Å²) in [7, 11) is 0. The van der Waals surface area contributed by atoms with Crippen LogP contribution in [0, 0.1) is 0 Å². The van der Waals surface area contributed by atoms with Crippen LogP contribution in [0.25, 0.3) is 11.0 Å². The van der Waals surface area contributed by atoms with Crippen molar-refractivity contribution in [2.75, 3.05) is 13.2 Å². The van der Waals surface area contributed by atoms with E-state index in [1.54, 1.807) is 0 Å². The Bertz CT molecular complexity index is 765. The van der Waals surface area contributed by atoms with Gasteiger partial charge in [0.25, 0.3) is 0 Å². The highest BCUT2D eigenvalue weighted by Crippen LogP contribution is 2.23. The van der Waals surface area contributed by atoms with Gasteiger partial charge in [0.05, 0.1) is 12.6 Å². The van der Waals surface area contributed by atoms with Crippen LogP contribution >= 0.6 is 0 Å². The number of fused-ring (bicyclic) bond motifs is 1. The first-order chi connectivity index (χ1) is 11.7. The molecule has 2 aromatic carbocycles. The molecule has 5 nitrogen and oxygen atoms in total. The highest BCUT2D eigenvalue weighted by atomic mass is 16.5. The van der Waals surface area contributed by atoms with E-state index in [2.05, 4.69) is 10.6 Å². The number of furan rings is 1. The molecule has 0 saturated heterocycles. The Kier molecular flexibility index (Phi) is 5.01. The van der Waals surface area contributed by atoms with Crippen molar-refractivity contribution in [3.8, 4) is 5.75 Å². The van der Waals surface area contributed by atoms with E-state index in [4.69, 9.17) is 9.15 Å². The van der Waals surface area contributed by atoms with Crippen LogP contribution in [0.15, 0.2) is 65.1 Å². The van der Waals surface area contributed by atoms with Crippen molar-refractivity contribution in [2.45, 2.75) is 13.0 Å². The topological polar surface area (TPSA) is 63.5 Å². The fraction of sp³-hybridized carbons (Fsp3) is 0.211. The molecule has 2 N–H and O–H groups in total. The van der Waals surface area contributed by atoms with Gasteiger partial charge in [0, 0.05) is 5.39 Å². The molecule has 124 valence electrons. The highest BCUT2D eigenvalue weighted by molar-refractivity contribution is 5.78. The van der Waals surface area contributed by atoms with Gasteiger partial charge in [-0.2, -0.15) is 0 Å². The number of hydrogen-bond donors (Lipinski definition) is 2. The molecule has 1 atom stereocenters. The normalized spacial score (nSPS) is 11.9. The molecule has 0 saturated carbocycles. The van der Waals surface area contributed by atoms with Gasteiger partial charge >= 0.3 is 6.03 Å². The lowest BCUT2D eigenvalue weighted by atomic mass is 10.2. The minimum Gasteiger partial charge on any atom is -0.492 e. The average Bonchev–Trinajstić information content (AvgIpc) is 3.04. The fourth-order valence-corrected chi connectivity index (χ4v) is 2.38. The van der Waals surface area contributed by atoms with Crippen molar-refractivity contribution in [3.05, 3.63) is 66.4 Å². The largest absolute Gasteiger partial charge is 0.492 e. The molecule has 0 aliphatic carbocycles. The predicted octanol–water partition coefficient (Wildman–Crippen LogP) is 3.87. The van der Waals surface area contributed by atoms with Crippen molar-refractivity contribution < 1.29 is 13.9 Å². The van der Waals surface area contributed by atoms with Crippen molar-refractivity contribution >= 4 is 17.0 Å². The van der Waals surface area contributed by atoms with Crippen molar-refractivity contribution in [2.24, 2.45) is 0 Å². The molecule has 1 aromatic heterocycles. The first-order valence-electron chi connectivity index (χ1n) is 7.93. The highest BCUT2D eigenvalue weighted by Gasteiger charge is 2.13. The summed E-state index contributed by atoms with van der Waals surface area (Å²) in [6, 6.07) is 18.8. The molecule has 1 heterocycles. The SMILES string of the molecule is CC(NC(=O)NCCOc1ccccc1)c1cc2ccccc2o1. The second-order valence-corrected chi connectivity index (χ2v) is 5.47. The van der Waals surface area contributed by atoms with Crippen LogP contribution in [0.1, 0.15) is 18.7 Å². The van der Waals surface area contributed by atoms with Crippen LogP contribution in [-0.4, -0.2) is 19.2 Å². The van der Waals surface area contributed by atoms with Crippen LogP contribution in [0.5, 0.6) is 5.75 Å². The first kappa shape index (κ1) is 15.9. The minimum atomic E-state index is -0.250. The smallest absolute Gasteiger partial charge is 0.315 e. The van der Waals surface area contributed by atoms with E-state index in [1.807, 2.05) is 67.6 Å². The van der Waals surface area contributed by atoms with Gasteiger partial charge in [-0.05, 0) is 31.2 Å². The summed E-state index contributed by atoms with van der Waals surface area (Å²) in [5.74, 6) is 1.52. The number of carbonyl (C=O) groups excluding carboxylic acids is 1. The van der Waals surface area contributed by atoms with Crippen LogP contribution in [0.3, 0.4) is 0 Å². The molecular weight excluding hydrogens is 304 g/mol. The van der Waals surface area contributed by atoms with E-state index in [0.717, 1.165) is 22.5 Å². The van der Waals surface area contributed by atoms with Gasteiger partial charge in [0.1, 0.15) is 23.7 Å². The molecule has 0 aliphatic rings. The maximum Gasteiger partial charge on any atom is 0.315 e.